The van der Waals surface area contributed by atoms with Crippen molar-refractivity contribution >= 4 is 40.0 Å². The summed E-state index contributed by atoms with van der Waals surface area (Å²) in [5, 5.41) is 7.76. The van der Waals surface area contributed by atoms with E-state index in [2.05, 4.69) is 31.2 Å². The zero-order valence-electron chi connectivity index (χ0n) is 16.7. The SMILES string of the molecule is O=C(Nc1ccccc1N1CCN(Cc2ncco2)CC1)c1csc(-c2cccs2)n1. The van der Waals surface area contributed by atoms with E-state index in [1.165, 1.54) is 11.3 Å². The minimum absolute atomic E-state index is 0.186. The Kier molecular flexibility index (Phi) is 5.79. The van der Waals surface area contributed by atoms with Crippen molar-refractivity contribution < 1.29 is 9.21 Å². The number of aromatic nitrogens is 2. The number of amides is 1. The molecule has 0 unspecified atom stereocenters. The number of nitrogens with zero attached hydrogens (tertiary/aromatic N) is 4. The number of rotatable bonds is 6. The number of hydrogen-bond acceptors (Lipinski definition) is 8. The smallest absolute Gasteiger partial charge is 0.275 e. The molecular weight excluding hydrogens is 430 g/mol. The first-order valence-corrected chi connectivity index (χ1v) is 11.8. The summed E-state index contributed by atoms with van der Waals surface area (Å²) >= 11 is 3.11. The lowest BCUT2D eigenvalue weighted by atomic mass is 10.2. The van der Waals surface area contributed by atoms with Gasteiger partial charge in [0.15, 0.2) is 0 Å². The zero-order valence-corrected chi connectivity index (χ0v) is 18.4. The minimum Gasteiger partial charge on any atom is -0.448 e. The summed E-state index contributed by atoms with van der Waals surface area (Å²) in [6.07, 6.45) is 3.28. The largest absolute Gasteiger partial charge is 0.448 e. The highest BCUT2D eigenvalue weighted by Crippen LogP contribution is 2.30. The van der Waals surface area contributed by atoms with Gasteiger partial charge in [-0.05, 0) is 23.6 Å². The van der Waals surface area contributed by atoms with Crippen LogP contribution in [-0.2, 0) is 6.54 Å². The van der Waals surface area contributed by atoms with Crippen LogP contribution in [0.25, 0.3) is 9.88 Å². The molecule has 1 amide bonds. The van der Waals surface area contributed by atoms with Crippen molar-refractivity contribution in [1.82, 2.24) is 14.9 Å². The van der Waals surface area contributed by atoms with Gasteiger partial charge in [-0.3, -0.25) is 9.69 Å². The van der Waals surface area contributed by atoms with Gasteiger partial charge in [0.1, 0.15) is 17.0 Å². The fourth-order valence-corrected chi connectivity index (χ4v) is 5.22. The average Bonchev–Trinajstić information content (AvgIpc) is 3.56. The summed E-state index contributed by atoms with van der Waals surface area (Å²) in [6.45, 7) is 4.26. The second-order valence-corrected chi connectivity index (χ2v) is 8.98. The molecule has 4 heterocycles. The van der Waals surface area contributed by atoms with Gasteiger partial charge in [0.25, 0.3) is 5.91 Å². The van der Waals surface area contributed by atoms with E-state index in [0.29, 0.717) is 5.69 Å². The van der Waals surface area contributed by atoms with Crippen molar-refractivity contribution in [2.24, 2.45) is 0 Å². The van der Waals surface area contributed by atoms with Gasteiger partial charge in [-0.25, -0.2) is 9.97 Å². The highest BCUT2D eigenvalue weighted by atomic mass is 32.1. The number of carbonyl (C=O) groups is 1. The van der Waals surface area contributed by atoms with Crippen molar-refractivity contribution in [1.29, 1.82) is 0 Å². The molecule has 0 saturated carbocycles. The number of thiophene rings is 1. The van der Waals surface area contributed by atoms with Crippen molar-refractivity contribution in [3.63, 3.8) is 0 Å². The third kappa shape index (κ3) is 4.53. The average molecular weight is 452 g/mol. The number of nitrogens with one attached hydrogen (secondary N) is 1. The van der Waals surface area contributed by atoms with Crippen LogP contribution in [0.5, 0.6) is 0 Å². The lowest BCUT2D eigenvalue weighted by Crippen LogP contribution is -2.46. The van der Waals surface area contributed by atoms with Crippen LogP contribution < -0.4 is 10.2 Å². The van der Waals surface area contributed by atoms with Gasteiger partial charge in [-0.15, -0.1) is 22.7 Å². The van der Waals surface area contributed by atoms with Gasteiger partial charge in [-0.2, -0.15) is 0 Å². The second-order valence-electron chi connectivity index (χ2n) is 7.18. The monoisotopic (exact) mass is 451 g/mol. The molecule has 7 nitrogen and oxygen atoms in total. The number of oxazole rings is 1. The molecule has 0 aliphatic carbocycles. The minimum atomic E-state index is -0.186. The molecule has 1 saturated heterocycles. The molecule has 1 aliphatic heterocycles. The van der Waals surface area contributed by atoms with Crippen molar-refractivity contribution in [2.75, 3.05) is 36.4 Å². The lowest BCUT2D eigenvalue weighted by molar-refractivity contribution is 0.102. The molecule has 158 valence electrons. The Labute approximate surface area is 188 Å². The summed E-state index contributed by atoms with van der Waals surface area (Å²) in [7, 11) is 0. The number of hydrogen-bond donors (Lipinski definition) is 1. The van der Waals surface area contributed by atoms with Crippen LogP contribution in [0.3, 0.4) is 0 Å². The molecular formula is C22H21N5O2S2. The van der Waals surface area contributed by atoms with Crippen LogP contribution in [0.2, 0.25) is 0 Å². The molecule has 0 bridgehead atoms. The highest BCUT2D eigenvalue weighted by Gasteiger charge is 2.21. The zero-order chi connectivity index (χ0) is 21.0. The number of anilines is 2. The molecule has 9 heteroatoms. The number of thiazole rings is 1. The summed E-state index contributed by atoms with van der Waals surface area (Å²) in [5.74, 6) is 0.556. The van der Waals surface area contributed by atoms with E-state index in [9.17, 15) is 4.79 Å². The summed E-state index contributed by atoms with van der Waals surface area (Å²) in [6, 6.07) is 11.9. The fraction of sp³-hybridized carbons (Fsp3) is 0.227. The molecule has 0 spiro atoms. The van der Waals surface area contributed by atoms with Gasteiger partial charge >= 0.3 is 0 Å². The van der Waals surface area contributed by atoms with Gasteiger partial charge in [0, 0.05) is 31.6 Å². The Hall–Kier alpha value is -3.01. The molecule has 4 aromatic rings. The highest BCUT2D eigenvalue weighted by molar-refractivity contribution is 7.20. The van der Waals surface area contributed by atoms with Crippen LogP contribution in [0.4, 0.5) is 11.4 Å². The number of piperazine rings is 1. The molecule has 31 heavy (non-hydrogen) atoms. The maximum absolute atomic E-state index is 12.9. The summed E-state index contributed by atoms with van der Waals surface area (Å²) < 4.78 is 5.36. The molecule has 5 rings (SSSR count). The van der Waals surface area contributed by atoms with E-state index in [0.717, 1.165) is 59.9 Å². The molecule has 1 N–H and O–H groups in total. The Balaban J connectivity index is 1.25. The first-order chi connectivity index (χ1) is 15.3. The maximum Gasteiger partial charge on any atom is 0.275 e. The van der Waals surface area contributed by atoms with E-state index in [1.807, 2.05) is 41.1 Å². The third-order valence-corrected chi connectivity index (χ3v) is 7.06. The first-order valence-electron chi connectivity index (χ1n) is 10.0. The van der Waals surface area contributed by atoms with Crippen LogP contribution in [0.1, 0.15) is 16.4 Å². The lowest BCUT2D eigenvalue weighted by Gasteiger charge is -2.36. The summed E-state index contributed by atoms with van der Waals surface area (Å²) in [5.41, 5.74) is 2.28. The topological polar surface area (TPSA) is 74.5 Å². The van der Waals surface area contributed by atoms with Crippen molar-refractivity contribution in [3.8, 4) is 9.88 Å². The van der Waals surface area contributed by atoms with E-state index in [1.54, 1.807) is 23.8 Å². The number of benzene rings is 1. The van der Waals surface area contributed by atoms with Crippen molar-refractivity contribution in [2.45, 2.75) is 6.54 Å². The van der Waals surface area contributed by atoms with E-state index in [4.69, 9.17) is 4.42 Å². The Morgan fingerprint density at radius 2 is 1.97 bits per heavy atom. The quantitative estimate of drug-likeness (QED) is 0.467. The van der Waals surface area contributed by atoms with Gasteiger partial charge in [-0.1, -0.05) is 18.2 Å². The van der Waals surface area contributed by atoms with E-state index >= 15 is 0 Å². The van der Waals surface area contributed by atoms with Crippen molar-refractivity contribution in [3.05, 3.63) is 71.2 Å². The van der Waals surface area contributed by atoms with Gasteiger partial charge in [0.05, 0.1) is 29.0 Å². The molecule has 1 aromatic carbocycles. The van der Waals surface area contributed by atoms with Gasteiger partial charge < -0.3 is 14.6 Å². The molecule has 1 fully saturated rings. The Bertz CT molecular complexity index is 1130. The third-order valence-electron chi connectivity index (χ3n) is 5.18. The second kappa shape index (κ2) is 9.01. The first kappa shape index (κ1) is 19.9. The maximum atomic E-state index is 12.9. The Morgan fingerprint density at radius 3 is 2.74 bits per heavy atom. The van der Waals surface area contributed by atoms with Gasteiger partial charge in [0.2, 0.25) is 5.89 Å². The van der Waals surface area contributed by atoms with Crippen LogP contribution in [0, 0.1) is 0 Å². The van der Waals surface area contributed by atoms with Crippen LogP contribution in [0.15, 0.2) is 64.0 Å². The molecule has 0 atom stereocenters. The van der Waals surface area contributed by atoms with E-state index < -0.39 is 0 Å². The van der Waals surface area contributed by atoms with Crippen LogP contribution >= 0.6 is 22.7 Å². The fourth-order valence-electron chi connectivity index (χ4n) is 3.60. The number of carbonyl (C=O) groups excluding carboxylic acids is 1. The molecule has 0 radical (unpaired) electrons. The summed E-state index contributed by atoms with van der Waals surface area (Å²) in [4.78, 5) is 27.3. The Morgan fingerprint density at radius 1 is 1.10 bits per heavy atom. The predicted molar refractivity (Wildman–Crippen MR) is 124 cm³/mol. The van der Waals surface area contributed by atoms with E-state index in [-0.39, 0.29) is 5.91 Å². The number of para-hydroxylation sites is 2. The molecule has 3 aromatic heterocycles. The molecule has 1 aliphatic rings. The van der Waals surface area contributed by atoms with Crippen LogP contribution in [-0.4, -0.2) is 47.0 Å². The standard InChI is InChI=1S/C22H21N5O2S2/c28-21(17-15-31-22(25-17)19-6-3-13-30-19)24-16-4-1-2-5-18(16)27-10-8-26(9-11-27)14-20-23-7-12-29-20/h1-7,12-13,15H,8-11,14H2,(H,24,28). The predicted octanol–water partition coefficient (Wildman–Crippen LogP) is 4.43. The normalized spacial score (nSPS) is 14.6.